The highest BCUT2D eigenvalue weighted by Gasteiger charge is 2.25. The van der Waals surface area contributed by atoms with Crippen molar-refractivity contribution in [2.24, 2.45) is 0 Å². The van der Waals surface area contributed by atoms with E-state index in [2.05, 4.69) is 11.4 Å². The third-order valence-corrected chi connectivity index (χ3v) is 5.29. The van der Waals surface area contributed by atoms with Crippen LogP contribution in [0, 0.1) is 6.92 Å². The van der Waals surface area contributed by atoms with Crippen LogP contribution in [0.3, 0.4) is 0 Å². The maximum Gasteiger partial charge on any atom is 0.258 e. The predicted molar refractivity (Wildman–Crippen MR) is 115 cm³/mol. The second-order valence-electron chi connectivity index (χ2n) is 7.47. The van der Waals surface area contributed by atoms with Crippen LogP contribution in [-0.4, -0.2) is 18.4 Å². The van der Waals surface area contributed by atoms with Gasteiger partial charge in [0.2, 0.25) is 5.91 Å². The summed E-state index contributed by atoms with van der Waals surface area (Å²) in [5, 5.41) is 2.98. The summed E-state index contributed by atoms with van der Waals surface area (Å²) in [5.41, 5.74) is 5.94. The van der Waals surface area contributed by atoms with Crippen molar-refractivity contribution in [2.45, 2.75) is 26.3 Å². The molecule has 4 nitrogen and oxygen atoms in total. The number of nitrogens with one attached hydrogen (secondary N) is 1. The van der Waals surface area contributed by atoms with Crippen molar-refractivity contribution in [2.75, 3.05) is 11.4 Å². The van der Waals surface area contributed by atoms with Crippen LogP contribution in [0.4, 0.5) is 5.69 Å². The normalized spacial score (nSPS) is 12.5. The van der Waals surface area contributed by atoms with Gasteiger partial charge in [-0.2, -0.15) is 0 Å². The Balaban J connectivity index is 1.44. The van der Waals surface area contributed by atoms with Gasteiger partial charge in [0.25, 0.3) is 5.91 Å². The molecule has 3 aromatic rings. The molecule has 29 heavy (non-hydrogen) atoms. The Bertz CT molecular complexity index is 1030. The first-order chi connectivity index (χ1) is 14.1. The van der Waals surface area contributed by atoms with E-state index in [1.165, 1.54) is 5.56 Å². The summed E-state index contributed by atoms with van der Waals surface area (Å²) in [6, 6.07) is 23.5. The van der Waals surface area contributed by atoms with Gasteiger partial charge in [0.15, 0.2) is 0 Å². The van der Waals surface area contributed by atoms with Gasteiger partial charge in [-0.15, -0.1) is 0 Å². The molecule has 0 radical (unpaired) electrons. The molecular formula is C25H24N2O2. The van der Waals surface area contributed by atoms with E-state index in [4.69, 9.17) is 0 Å². The first-order valence-corrected chi connectivity index (χ1v) is 9.91. The lowest BCUT2D eigenvalue weighted by molar-refractivity contribution is -0.120. The first kappa shape index (κ1) is 18.9. The molecule has 2 amide bonds. The summed E-state index contributed by atoms with van der Waals surface area (Å²) >= 11 is 0. The zero-order valence-corrected chi connectivity index (χ0v) is 16.5. The van der Waals surface area contributed by atoms with Gasteiger partial charge in [-0.05, 0) is 48.2 Å². The van der Waals surface area contributed by atoms with Gasteiger partial charge in [0.05, 0.1) is 6.42 Å². The fourth-order valence-electron chi connectivity index (χ4n) is 3.64. The molecular weight excluding hydrogens is 360 g/mol. The summed E-state index contributed by atoms with van der Waals surface area (Å²) in [6.07, 6.45) is 1.22. The van der Waals surface area contributed by atoms with E-state index in [1.54, 1.807) is 0 Å². The maximum absolute atomic E-state index is 13.0. The lowest BCUT2D eigenvalue weighted by atomic mass is 10.1. The molecule has 0 aliphatic carbocycles. The molecule has 0 atom stereocenters. The average molecular weight is 384 g/mol. The molecule has 3 aromatic carbocycles. The minimum atomic E-state index is -0.00992. The Morgan fingerprint density at radius 2 is 1.69 bits per heavy atom. The van der Waals surface area contributed by atoms with Crippen molar-refractivity contribution in [1.82, 2.24) is 5.32 Å². The van der Waals surface area contributed by atoms with Gasteiger partial charge in [0.1, 0.15) is 0 Å². The summed E-state index contributed by atoms with van der Waals surface area (Å²) in [5.74, 6) is 0.0123. The molecule has 4 rings (SSSR count). The molecule has 0 spiro atoms. The number of amides is 2. The quantitative estimate of drug-likeness (QED) is 0.721. The number of carbonyl (C=O) groups is 2. The highest BCUT2D eigenvalue weighted by molar-refractivity contribution is 6.07. The Labute approximate surface area is 171 Å². The number of nitrogens with zero attached hydrogens (tertiary/aromatic N) is 1. The number of hydrogen-bond acceptors (Lipinski definition) is 2. The fourth-order valence-corrected chi connectivity index (χ4v) is 3.64. The van der Waals surface area contributed by atoms with Crippen molar-refractivity contribution in [3.05, 3.63) is 101 Å². The third-order valence-electron chi connectivity index (χ3n) is 5.29. The van der Waals surface area contributed by atoms with E-state index in [1.807, 2.05) is 78.6 Å². The number of rotatable bonds is 5. The number of benzene rings is 3. The van der Waals surface area contributed by atoms with Crippen molar-refractivity contribution in [3.8, 4) is 0 Å². The van der Waals surface area contributed by atoms with Crippen LogP contribution < -0.4 is 10.2 Å². The topological polar surface area (TPSA) is 49.4 Å². The van der Waals surface area contributed by atoms with Crippen molar-refractivity contribution >= 4 is 17.5 Å². The van der Waals surface area contributed by atoms with Crippen molar-refractivity contribution < 1.29 is 9.59 Å². The van der Waals surface area contributed by atoms with E-state index >= 15 is 0 Å². The molecule has 0 aromatic heterocycles. The number of aryl methyl sites for hydroxylation is 1. The van der Waals surface area contributed by atoms with E-state index in [9.17, 15) is 9.59 Å². The Morgan fingerprint density at radius 1 is 0.931 bits per heavy atom. The summed E-state index contributed by atoms with van der Waals surface area (Å²) < 4.78 is 0. The van der Waals surface area contributed by atoms with Crippen LogP contribution in [0.25, 0.3) is 0 Å². The zero-order valence-electron chi connectivity index (χ0n) is 16.5. The Hall–Kier alpha value is -3.40. The van der Waals surface area contributed by atoms with Crippen molar-refractivity contribution in [1.29, 1.82) is 0 Å². The van der Waals surface area contributed by atoms with E-state index in [0.29, 0.717) is 25.1 Å². The number of carbonyl (C=O) groups excluding carboxylic acids is 2. The first-order valence-electron chi connectivity index (χ1n) is 9.91. The molecule has 0 saturated carbocycles. The molecule has 1 N–H and O–H groups in total. The van der Waals surface area contributed by atoms with Gasteiger partial charge in [0, 0.05) is 24.3 Å². The molecule has 4 heteroatoms. The molecule has 1 aliphatic heterocycles. The largest absolute Gasteiger partial charge is 0.352 e. The van der Waals surface area contributed by atoms with Gasteiger partial charge in [-0.25, -0.2) is 0 Å². The predicted octanol–water partition coefficient (Wildman–Crippen LogP) is 4.06. The minimum absolute atomic E-state index is 0.00992. The molecule has 0 fully saturated rings. The standard InChI is InChI=1S/C25H24N2O2/c1-18-7-10-22(11-8-18)25(29)27-14-13-21-12-9-20(15-23(21)27)17-26-24(28)16-19-5-3-2-4-6-19/h2-12,15H,13-14,16-17H2,1H3,(H,26,28). The summed E-state index contributed by atoms with van der Waals surface area (Å²) in [6.45, 7) is 3.15. The Morgan fingerprint density at radius 3 is 2.45 bits per heavy atom. The minimum Gasteiger partial charge on any atom is -0.352 e. The van der Waals surface area contributed by atoms with Crippen molar-refractivity contribution in [3.63, 3.8) is 0 Å². The zero-order chi connectivity index (χ0) is 20.2. The smallest absolute Gasteiger partial charge is 0.258 e. The van der Waals surface area contributed by atoms with Crippen LogP contribution in [-0.2, 0) is 24.2 Å². The lowest BCUT2D eigenvalue weighted by Gasteiger charge is -2.18. The average Bonchev–Trinajstić information content (AvgIpc) is 3.16. The monoisotopic (exact) mass is 384 g/mol. The SMILES string of the molecule is Cc1ccc(C(=O)N2CCc3ccc(CNC(=O)Cc4ccccc4)cc32)cc1. The summed E-state index contributed by atoms with van der Waals surface area (Å²) in [4.78, 5) is 27.0. The van der Waals surface area contributed by atoms with Gasteiger partial charge >= 0.3 is 0 Å². The van der Waals surface area contributed by atoms with Crippen LogP contribution in [0.1, 0.15) is 32.6 Å². The number of hydrogen-bond donors (Lipinski definition) is 1. The van der Waals surface area contributed by atoms with Crippen LogP contribution in [0.15, 0.2) is 72.8 Å². The van der Waals surface area contributed by atoms with E-state index in [0.717, 1.165) is 28.8 Å². The Kier molecular flexibility index (Phi) is 5.43. The molecule has 0 bridgehead atoms. The van der Waals surface area contributed by atoms with Gasteiger partial charge < -0.3 is 10.2 Å². The lowest BCUT2D eigenvalue weighted by Crippen LogP contribution is -2.29. The third kappa shape index (κ3) is 4.37. The fraction of sp³-hybridized carbons (Fsp3) is 0.200. The van der Waals surface area contributed by atoms with E-state index < -0.39 is 0 Å². The van der Waals surface area contributed by atoms with E-state index in [-0.39, 0.29) is 11.8 Å². The van der Waals surface area contributed by atoms with Gasteiger partial charge in [-0.1, -0.05) is 60.2 Å². The maximum atomic E-state index is 13.0. The summed E-state index contributed by atoms with van der Waals surface area (Å²) in [7, 11) is 0. The van der Waals surface area contributed by atoms with Crippen LogP contribution in [0.2, 0.25) is 0 Å². The molecule has 0 unspecified atom stereocenters. The highest BCUT2D eigenvalue weighted by atomic mass is 16.2. The molecule has 0 saturated heterocycles. The second kappa shape index (κ2) is 8.31. The number of anilines is 1. The molecule has 146 valence electrons. The van der Waals surface area contributed by atoms with Crippen LogP contribution >= 0.6 is 0 Å². The molecule has 1 aliphatic rings. The second-order valence-corrected chi connectivity index (χ2v) is 7.47. The van der Waals surface area contributed by atoms with Gasteiger partial charge in [-0.3, -0.25) is 9.59 Å². The van der Waals surface area contributed by atoms with Crippen LogP contribution in [0.5, 0.6) is 0 Å². The number of fused-ring (bicyclic) bond motifs is 1. The molecule has 1 heterocycles. The highest BCUT2D eigenvalue weighted by Crippen LogP contribution is 2.30.